The highest BCUT2D eigenvalue weighted by atomic mass is 35.5. The molecule has 0 bridgehead atoms. The van der Waals surface area contributed by atoms with Gasteiger partial charge in [0.25, 0.3) is 5.91 Å². The van der Waals surface area contributed by atoms with Crippen LogP contribution in [0.3, 0.4) is 0 Å². The Balaban J connectivity index is 0.00000162. The maximum atomic E-state index is 12.2. The smallest absolute Gasteiger partial charge is 0.257 e. The van der Waals surface area contributed by atoms with Crippen molar-refractivity contribution >= 4 is 18.3 Å². The molecule has 1 aromatic rings. The molecule has 0 aliphatic heterocycles. The molecule has 2 N–H and O–H groups in total. The molecule has 1 aliphatic carbocycles. The minimum Gasteiger partial charge on any atom is -0.467 e. The van der Waals surface area contributed by atoms with Crippen LogP contribution in [0.1, 0.15) is 48.2 Å². The zero-order valence-corrected chi connectivity index (χ0v) is 11.5. The second-order valence-electron chi connectivity index (χ2n) is 4.71. The minimum atomic E-state index is 0. The molecular weight excluding hydrogens is 252 g/mol. The zero-order chi connectivity index (χ0) is 12.3. The molecule has 5 heteroatoms. The van der Waals surface area contributed by atoms with E-state index in [1.54, 1.807) is 6.07 Å². The van der Waals surface area contributed by atoms with Crippen LogP contribution in [-0.2, 0) is 6.54 Å². The number of furan rings is 1. The second kappa shape index (κ2) is 6.81. The van der Waals surface area contributed by atoms with Crippen molar-refractivity contribution < 1.29 is 9.21 Å². The molecule has 1 aliphatic rings. The van der Waals surface area contributed by atoms with Crippen LogP contribution in [0.4, 0.5) is 0 Å². The van der Waals surface area contributed by atoms with E-state index in [0.29, 0.717) is 23.9 Å². The molecule has 4 nitrogen and oxygen atoms in total. The molecule has 2 rings (SSSR count). The van der Waals surface area contributed by atoms with E-state index >= 15 is 0 Å². The van der Waals surface area contributed by atoms with Crippen LogP contribution >= 0.6 is 12.4 Å². The summed E-state index contributed by atoms with van der Waals surface area (Å²) in [6.07, 6.45) is 7.47. The number of hydrogen-bond acceptors (Lipinski definition) is 3. The maximum absolute atomic E-state index is 12.2. The molecule has 0 atom stereocenters. The van der Waals surface area contributed by atoms with Crippen molar-refractivity contribution in [3.8, 4) is 0 Å². The molecule has 1 heterocycles. The summed E-state index contributed by atoms with van der Waals surface area (Å²) in [6.45, 7) is 0.334. The van der Waals surface area contributed by atoms with Gasteiger partial charge in [-0.05, 0) is 18.9 Å². The summed E-state index contributed by atoms with van der Waals surface area (Å²) in [5.74, 6) is 0.700. The van der Waals surface area contributed by atoms with Crippen molar-refractivity contribution in [3.63, 3.8) is 0 Å². The molecule has 1 aromatic heterocycles. The normalized spacial score (nSPS) is 16.1. The molecule has 0 aromatic carbocycles. The molecule has 0 unspecified atom stereocenters. The molecule has 102 valence electrons. The molecule has 1 saturated carbocycles. The Morgan fingerprint density at radius 1 is 1.44 bits per heavy atom. The van der Waals surface area contributed by atoms with Gasteiger partial charge in [-0.1, -0.05) is 19.3 Å². The SMILES string of the molecule is CN(C(=O)c1coc(CN)c1)C1CCCCC1.Cl. The Morgan fingerprint density at radius 3 is 2.67 bits per heavy atom. The third-order valence-electron chi connectivity index (χ3n) is 3.54. The first kappa shape index (κ1) is 15.1. The van der Waals surface area contributed by atoms with E-state index in [4.69, 9.17) is 10.2 Å². The number of halogens is 1. The van der Waals surface area contributed by atoms with E-state index in [0.717, 1.165) is 12.8 Å². The van der Waals surface area contributed by atoms with Crippen LogP contribution in [0, 0.1) is 0 Å². The van der Waals surface area contributed by atoms with E-state index in [1.807, 2.05) is 11.9 Å². The lowest BCUT2D eigenvalue weighted by Gasteiger charge is -2.30. The number of hydrogen-bond donors (Lipinski definition) is 1. The average Bonchev–Trinajstić information content (AvgIpc) is 2.87. The standard InChI is InChI=1S/C13H20N2O2.ClH/c1-15(11-5-3-2-4-6-11)13(16)10-7-12(8-14)17-9-10;/h7,9,11H,2-6,8,14H2,1H3;1H. The Labute approximate surface area is 114 Å². The van der Waals surface area contributed by atoms with E-state index in [2.05, 4.69) is 0 Å². The van der Waals surface area contributed by atoms with E-state index in [9.17, 15) is 4.79 Å². The molecule has 18 heavy (non-hydrogen) atoms. The number of amides is 1. The first-order chi connectivity index (χ1) is 8.22. The monoisotopic (exact) mass is 272 g/mol. The fraction of sp³-hybridized carbons (Fsp3) is 0.615. The number of carbonyl (C=O) groups excluding carboxylic acids is 1. The number of nitrogens with two attached hydrogens (primary N) is 1. The second-order valence-corrected chi connectivity index (χ2v) is 4.71. The number of nitrogens with zero attached hydrogens (tertiary/aromatic N) is 1. The number of carbonyl (C=O) groups is 1. The minimum absolute atomic E-state index is 0. The lowest BCUT2D eigenvalue weighted by molar-refractivity contribution is 0.0695. The largest absolute Gasteiger partial charge is 0.467 e. The Kier molecular flexibility index (Phi) is 5.69. The van der Waals surface area contributed by atoms with Crippen LogP contribution in [0.2, 0.25) is 0 Å². The van der Waals surface area contributed by atoms with Crippen molar-refractivity contribution in [2.45, 2.75) is 44.7 Å². The van der Waals surface area contributed by atoms with Gasteiger partial charge < -0.3 is 15.1 Å². The predicted molar refractivity (Wildman–Crippen MR) is 72.8 cm³/mol. The third kappa shape index (κ3) is 3.27. The maximum Gasteiger partial charge on any atom is 0.257 e. The topological polar surface area (TPSA) is 59.5 Å². The Morgan fingerprint density at radius 2 is 2.11 bits per heavy atom. The van der Waals surface area contributed by atoms with Gasteiger partial charge >= 0.3 is 0 Å². The predicted octanol–water partition coefficient (Wildman–Crippen LogP) is 2.56. The van der Waals surface area contributed by atoms with Gasteiger partial charge in [0, 0.05) is 13.1 Å². The van der Waals surface area contributed by atoms with Gasteiger partial charge in [0.05, 0.1) is 12.1 Å². The van der Waals surface area contributed by atoms with Gasteiger partial charge in [-0.15, -0.1) is 12.4 Å². The molecule has 0 radical (unpaired) electrons. The van der Waals surface area contributed by atoms with Gasteiger partial charge in [-0.25, -0.2) is 0 Å². The molecule has 1 fully saturated rings. The van der Waals surface area contributed by atoms with Crippen molar-refractivity contribution in [2.24, 2.45) is 5.73 Å². The van der Waals surface area contributed by atoms with E-state index in [-0.39, 0.29) is 18.3 Å². The van der Waals surface area contributed by atoms with Gasteiger partial charge in [-0.3, -0.25) is 4.79 Å². The molecule has 0 saturated heterocycles. The molecular formula is C13H21ClN2O2. The van der Waals surface area contributed by atoms with Crippen LogP contribution in [0.25, 0.3) is 0 Å². The first-order valence-electron chi connectivity index (χ1n) is 6.27. The molecule has 0 spiro atoms. The van der Waals surface area contributed by atoms with Crippen LogP contribution < -0.4 is 5.73 Å². The van der Waals surface area contributed by atoms with Gasteiger partial charge in [0.15, 0.2) is 0 Å². The third-order valence-corrected chi connectivity index (χ3v) is 3.54. The van der Waals surface area contributed by atoms with Gasteiger partial charge in [-0.2, -0.15) is 0 Å². The summed E-state index contributed by atoms with van der Waals surface area (Å²) < 4.78 is 5.20. The van der Waals surface area contributed by atoms with Crippen LogP contribution in [-0.4, -0.2) is 23.9 Å². The zero-order valence-electron chi connectivity index (χ0n) is 10.7. The van der Waals surface area contributed by atoms with Gasteiger partial charge in [0.2, 0.25) is 0 Å². The Bertz CT molecular complexity index is 386. The summed E-state index contributed by atoms with van der Waals surface area (Å²) in [6, 6.07) is 2.12. The summed E-state index contributed by atoms with van der Waals surface area (Å²) >= 11 is 0. The van der Waals surface area contributed by atoms with Crippen LogP contribution in [0.15, 0.2) is 16.7 Å². The lowest BCUT2D eigenvalue weighted by Crippen LogP contribution is -2.38. The van der Waals surface area contributed by atoms with Gasteiger partial charge in [0.1, 0.15) is 12.0 Å². The summed E-state index contributed by atoms with van der Waals surface area (Å²) in [5.41, 5.74) is 6.07. The molecule has 1 amide bonds. The fourth-order valence-corrected chi connectivity index (χ4v) is 2.44. The quantitative estimate of drug-likeness (QED) is 0.920. The highest BCUT2D eigenvalue weighted by molar-refractivity contribution is 5.94. The summed E-state index contributed by atoms with van der Waals surface area (Å²) in [4.78, 5) is 14.0. The van der Waals surface area contributed by atoms with Crippen molar-refractivity contribution in [1.29, 1.82) is 0 Å². The van der Waals surface area contributed by atoms with E-state index < -0.39 is 0 Å². The summed E-state index contributed by atoms with van der Waals surface area (Å²) in [5, 5.41) is 0. The average molecular weight is 273 g/mol. The summed E-state index contributed by atoms with van der Waals surface area (Å²) in [7, 11) is 1.88. The van der Waals surface area contributed by atoms with Crippen LogP contribution in [0.5, 0.6) is 0 Å². The first-order valence-corrected chi connectivity index (χ1v) is 6.27. The highest BCUT2D eigenvalue weighted by Crippen LogP contribution is 2.23. The number of rotatable bonds is 3. The Hall–Kier alpha value is -1.00. The van der Waals surface area contributed by atoms with Crippen molar-refractivity contribution in [3.05, 3.63) is 23.7 Å². The fourth-order valence-electron chi connectivity index (χ4n) is 2.44. The lowest BCUT2D eigenvalue weighted by atomic mass is 9.94. The van der Waals surface area contributed by atoms with E-state index in [1.165, 1.54) is 25.5 Å². The highest BCUT2D eigenvalue weighted by Gasteiger charge is 2.23. The van der Waals surface area contributed by atoms with Crippen molar-refractivity contribution in [1.82, 2.24) is 4.90 Å². The van der Waals surface area contributed by atoms with Crippen molar-refractivity contribution in [2.75, 3.05) is 7.05 Å².